The highest BCUT2D eigenvalue weighted by molar-refractivity contribution is 5.98. The molecule has 4 rings (SSSR count). The Morgan fingerprint density at radius 2 is 1.97 bits per heavy atom. The molecule has 32 heavy (non-hydrogen) atoms. The van der Waals surface area contributed by atoms with E-state index in [1.54, 1.807) is 18.3 Å². The number of nitrogens with one attached hydrogen (secondary N) is 1. The number of rotatable bonds is 6. The van der Waals surface area contributed by atoms with Crippen molar-refractivity contribution in [2.75, 3.05) is 13.7 Å². The summed E-state index contributed by atoms with van der Waals surface area (Å²) in [4.78, 5) is 42.5. The van der Waals surface area contributed by atoms with Gasteiger partial charge >= 0.3 is 5.69 Å². The number of methoxy groups -OCH3 is 1. The number of benzene rings is 1. The molecule has 0 aliphatic carbocycles. The number of pyridine rings is 1. The topological polar surface area (TPSA) is 104 Å². The molecule has 9 nitrogen and oxygen atoms in total. The van der Waals surface area contributed by atoms with Crippen LogP contribution < -0.4 is 26.0 Å². The number of carbonyl (C=O) groups excluding carboxylic acids is 1. The van der Waals surface area contributed by atoms with Crippen LogP contribution in [0, 0.1) is 0 Å². The quantitative estimate of drug-likeness (QED) is 0.623. The van der Waals surface area contributed by atoms with Crippen LogP contribution >= 0.6 is 0 Å². The van der Waals surface area contributed by atoms with Gasteiger partial charge in [-0.3, -0.25) is 18.7 Å². The van der Waals surface area contributed by atoms with E-state index < -0.39 is 11.2 Å². The molecule has 0 bridgehead atoms. The highest BCUT2D eigenvalue weighted by atomic mass is 16.5. The molecule has 0 unspecified atom stereocenters. The van der Waals surface area contributed by atoms with Crippen molar-refractivity contribution in [3.63, 3.8) is 0 Å². The van der Waals surface area contributed by atoms with Crippen LogP contribution in [0.1, 0.15) is 16.7 Å². The third kappa shape index (κ3) is 4.18. The number of nitrogens with zero attached hydrogens (tertiary/aromatic N) is 3. The molecular weight excluding hydrogens is 412 g/mol. The lowest BCUT2D eigenvalue weighted by Crippen LogP contribution is -2.42. The van der Waals surface area contributed by atoms with Crippen molar-refractivity contribution >= 4 is 12.0 Å². The molecule has 1 aliphatic rings. The van der Waals surface area contributed by atoms with Gasteiger partial charge in [-0.1, -0.05) is 30.3 Å². The highest BCUT2D eigenvalue weighted by Crippen LogP contribution is 2.22. The van der Waals surface area contributed by atoms with E-state index in [0.717, 1.165) is 15.7 Å². The highest BCUT2D eigenvalue weighted by Gasteiger charge is 2.24. The van der Waals surface area contributed by atoms with Crippen LogP contribution in [0.25, 0.3) is 6.08 Å². The molecule has 1 aromatic carbocycles. The summed E-state index contributed by atoms with van der Waals surface area (Å²) in [5, 5.41) is 2.80. The third-order valence-corrected chi connectivity index (χ3v) is 5.15. The lowest BCUT2D eigenvalue weighted by atomic mass is 10.1. The maximum Gasteiger partial charge on any atom is 0.333 e. The van der Waals surface area contributed by atoms with Crippen LogP contribution in [-0.2, 0) is 24.9 Å². The number of amides is 1. The van der Waals surface area contributed by atoms with E-state index in [-0.39, 0.29) is 37.0 Å². The second-order valence-corrected chi connectivity index (χ2v) is 7.28. The van der Waals surface area contributed by atoms with Crippen molar-refractivity contribution in [2.45, 2.75) is 13.1 Å². The Morgan fingerprint density at radius 3 is 2.72 bits per heavy atom. The molecule has 2 aromatic heterocycles. The van der Waals surface area contributed by atoms with Gasteiger partial charge in [-0.05, 0) is 23.3 Å². The largest absolute Gasteiger partial charge is 0.481 e. The molecule has 0 saturated heterocycles. The Balaban J connectivity index is 1.61. The van der Waals surface area contributed by atoms with Crippen LogP contribution in [-0.4, -0.2) is 33.7 Å². The van der Waals surface area contributed by atoms with Crippen LogP contribution in [0.5, 0.6) is 11.8 Å². The average Bonchev–Trinajstić information content (AvgIpc) is 2.84. The van der Waals surface area contributed by atoms with Gasteiger partial charge in [-0.2, -0.15) is 0 Å². The van der Waals surface area contributed by atoms with E-state index in [4.69, 9.17) is 9.47 Å². The minimum Gasteiger partial charge on any atom is -0.481 e. The lowest BCUT2D eigenvalue weighted by Gasteiger charge is -2.21. The molecule has 0 radical (unpaired) electrons. The number of aromatic nitrogens is 3. The molecule has 0 saturated carbocycles. The zero-order valence-corrected chi connectivity index (χ0v) is 17.7. The molecule has 1 N–H and O–H groups in total. The zero-order chi connectivity index (χ0) is 22.7. The average molecular weight is 434 g/mol. The summed E-state index contributed by atoms with van der Waals surface area (Å²) < 4.78 is 13.1. The van der Waals surface area contributed by atoms with Gasteiger partial charge in [0.2, 0.25) is 11.8 Å². The van der Waals surface area contributed by atoms with Crippen molar-refractivity contribution in [2.24, 2.45) is 7.05 Å². The maximum atomic E-state index is 13.1. The van der Waals surface area contributed by atoms with Crippen molar-refractivity contribution in [1.29, 1.82) is 0 Å². The fourth-order valence-corrected chi connectivity index (χ4v) is 3.44. The first kappa shape index (κ1) is 21.1. The SMILES string of the molecule is COc1cc(CNC(=O)C2=Cc3c(n(C)c(=O)n(Cc4ccccc4)c3=O)OC2)ccn1. The monoisotopic (exact) mass is 434 g/mol. The number of fused-ring (bicyclic) bond motifs is 1. The molecular formula is C23H22N4O5. The Bertz CT molecular complexity index is 1310. The second kappa shape index (κ2) is 8.93. The Labute approximate surface area is 183 Å². The van der Waals surface area contributed by atoms with Crippen LogP contribution in [0.4, 0.5) is 0 Å². The normalized spacial score (nSPS) is 12.4. The predicted molar refractivity (Wildman–Crippen MR) is 118 cm³/mol. The fraction of sp³-hybridized carbons (Fsp3) is 0.217. The Kier molecular flexibility index (Phi) is 5.89. The first-order valence-corrected chi connectivity index (χ1v) is 9.96. The standard InChI is InChI=1S/C23H22N4O5/c1-26-22-18(21(29)27(23(26)30)13-15-6-4-3-5-7-15)11-17(14-32-22)20(28)25-12-16-8-9-24-19(10-16)31-2/h3-11H,12-14H2,1-2H3,(H,25,28). The molecule has 0 atom stereocenters. The Morgan fingerprint density at radius 1 is 1.19 bits per heavy atom. The molecule has 164 valence electrons. The van der Waals surface area contributed by atoms with E-state index >= 15 is 0 Å². The predicted octanol–water partition coefficient (Wildman–Crippen LogP) is 1.09. The van der Waals surface area contributed by atoms with E-state index in [1.165, 1.54) is 24.8 Å². The van der Waals surface area contributed by atoms with Crippen LogP contribution in [0.15, 0.2) is 63.8 Å². The number of ether oxygens (including phenoxy) is 2. The summed E-state index contributed by atoms with van der Waals surface area (Å²) in [7, 11) is 3.06. The van der Waals surface area contributed by atoms with Gasteiger partial charge < -0.3 is 14.8 Å². The summed E-state index contributed by atoms with van der Waals surface area (Å²) in [5.41, 5.74) is 1.11. The van der Waals surface area contributed by atoms with E-state index in [0.29, 0.717) is 11.5 Å². The van der Waals surface area contributed by atoms with Gasteiger partial charge in [0.15, 0.2) is 0 Å². The fourth-order valence-electron chi connectivity index (χ4n) is 3.44. The second-order valence-electron chi connectivity index (χ2n) is 7.28. The maximum absolute atomic E-state index is 13.1. The molecule has 1 amide bonds. The zero-order valence-electron chi connectivity index (χ0n) is 17.7. The minimum atomic E-state index is -0.504. The molecule has 0 spiro atoms. The van der Waals surface area contributed by atoms with Crippen molar-refractivity contribution < 1.29 is 14.3 Å². The van der Waals surface area contributed by atoms with E-state index in [2.05, 4.69) is 10.3 Å². The van der Waals surface area contributed by atoms with Gasteiger partial charge in [-0.25, -0.2) is 9.78 Å². The first-order chi connectivity index (χ1) is 15.5. The van der Waals surface area contributed by atoms with Crippen LogP contribution in [0.3, 0.4) is 0 Å². The number of hydrogen-bond acceptors (Lipinski definition) is 6. The van der Waals surface area contributed by atoms with Crippen molar-refractivity contribution in [3.05, 3.63) is 91.8 Å². The van der Waals surface area contributed by atoms with Gasteiger partial charge in [0.1, 0.15) is 12.2 Å². The summed E-state index contributed by atoms with van der Waals surface area (Å²) in [5.74, 6) is 0.236. The van der Waals surface area contributed by atoms with Crippen molar-refractivity contribution in [3.8, 4) is 11.8 Å². The van der Waals surface area contributed by atoms with E-state index in [9.17, 15) is 14.4 Å². The number of carbonyl (C=O) groups is 1. The van der Waals surface area contributed by atoms with Crippen molar-refractivity contribution in [1.82, 2.24) is 19.4 Å². The molecule has 9 heteroatoms. The number of hydrogen-bond donors (Lipinski definition) is 1. The van der Waals surface area contributed by atoms with Gasteiger partial charge in [0.25, 0.3) is 11.5 Å². The third-order valence-electron chi connectivity index (χ3n) is 5.15. The lowest BCUT2D eigenvalue weighted by molar-refractivity contribution is -0.117. The summed E-state index contributed by atoms with van der Waals surface area (Å²) >= 11 is 0. The molecule has 1 aliphatic heterocycles. The van der Waals surface area contributed by atoms with Gasteiger partial charge in [-0.15, -0.1) is 0 Å². The van der Waals surface area contributed by atoms with Gasteiger partial charge in [0.05, 0.1) is 19.2 Å². The summed E-state index contributed by atoms with van der Waals surface area (Å²) in [6, 6.07) is 12.7. The molecule has 3 heterocycles. The minimum absolute atomic E-state index is 0.0477. The Hall–Kier alpha value is -4.14. The van der Waals surface area contributed by atoms with Crippen LogP contribution in [0.2, 0.25) is 0 Å². The smallest absolute Gasteiger partial charge is 0.333 e. The summed E-state index contributed by atoms with van der Waals surface area (Å²) in [6.45, 7) is 0.334. The first-order valence-electron chi connectivity index (χ1n) is 9.96. The van der Waals surface area contributed by atoms with E-state index in [1.807, 2.05) is 30.3 Å². The molecule has 3 aromatic rings. The summed E-state index contributed by atoms with van der Waals surface area (Å²) in [6.07, 6.45) is 3.08. The van der Waals surface area contributed by atoms with Gasteiger partial charge in [0, 0.05) is 25.9 Å². The molecule has 0 fully saturated rings.